The number of nitrogens with one attached hydrogen (secondary N) is 1. The molecule has 0 saturated heterocycles. The molecule has 2 aromatic carbocycles. The van der Waals surface area contributed by atoms with E-state index in [9.17, 15) is 9.59 Å². The summed E-state index contributed by atoms with van der Waals surface area (Å²) in [6, 6.07) is 15.1. The van der Waals surface area contributed by atoms with Crippen molar-refractivity contribution in [2.24, 2.45) is 0 Å². The summed E-state index contributed by atoms with van der Waals surface area (Å²) < 4.78 is 0. The van der Waals surface area contributed by atoms with Gasteiger partial charge in [-0.05, 0) is 49.1 Å². The monoisotopic (exact) mass is 334 g/mol. The summed E-state index contributed by atoms with van der Waals surface area (Å²) in [5, 5.41) is 2.90. The Hall–Kier alpha value is -2.88. The Morgan fingerprint density at radius 2 is 1.96 bits per heavy atom. The Balaban J connectivity index is 1.84. The van der Waals surface area contributed by atoms with Crippen molar-refractivity contribution < 1.29 is 9.59 Å². The third-order valence-corrected chi connectivity index (χ3v) is 4.33. The molecule has 1 heterocycles. The molecule has 3 rings (SSSR count). The van der Waals surface area contributed by atoms with E-state index in [4.69, 9.17) is 0 Å². The molecule has 25 heavy (non-hydrogen) atoms. The summed E-state index contributed by atoms with van der Waals surface area (Å²) in [4.78, 5) is 26.6. The van der Waals surface area contributed by atoms with E-state index in [-0.39, 0.29) is 11.8 Å². The number of carbonyl (C=O) groups is 2. The quantitative estimate of drug-likeness (QED) is 0.834. The number of fused-ring (bicyclic) bond motifs is 1. The van der Waals surface area contributed by atoms with E-state index in [1.54, 1.807) is 6.08 Å². The number of carbonyl (C=O) groups excluding carboxylic acids is 2. The molecule has 0 unspecified atom stereocenters. The number of rotatable bonds is 5. The smallest absolute Gasteiger partial charge is 0.258 e. The van der Waals surface area contributed by atoms with Crippen LogP contribution in [0.2, 0.25) is 0 Å². The zero-order valence-corrected chi connectivity index (χ0v) is 14.2. The molecule has 0 spiro atoms. The lowest BCUT2D eigenvalue weighted by atomic mass is 10.00. The van der Waals surface area contributed by atoms with Crippen molar-refractivity contribution >= 4 is 23.2 Å². The number of hydrogen-bond donors (Lipinski definition) is 1. The summed E-state index contributed by atoms with van der Waals surface area (Å²) in [7, 11) is 0. The van der Waals surface area contributed by atoms with Crippen LogP contribution in [-0.2, 0) is 11.2 Å². The first kappa shape index (κ1) is 17.0. The van der Waals surface area contributed by atoms with Gasteiger partial charge in [-0.2, -0.15) is 0 Å². The maximum atomic E-state index is 12.9. The molecule has 0 fully saturated rings. The molecule has 0 saturated carbocycles. The number of amides is 2. The maximum absolute atomic E-state index is 12.9. The Labute approximate surface area is 148 Å². The highest BCUT2D eigenvalue weighted by Gasteiger charge is 2.24. The summed E-state index contributed by atoms with van der Waals surface area (Å²) in [6.07, 6.45) is 4.67. The SMILES string of the molecule is C=CCCC(=O)Nc1ccc2c(c1)N(C(=O)c1ccccc1)CCC2. The minimum absolute atomic E-state index is 0.00307. The second kappa shape index (κ2) is 7.79. The fraction of sp³-hybridized carbons (Fsp3) is 0.238. The number of anilines is 2. The highest BCUT2D eigenvalue weighted by Crippen LogP contribution is 2.31. The number of nitrogens with zero attached hydrogens (tertiary/aromatic N) is 1. The van der Waals surface area contributed by atoms with Crippen LogP contribution in [-0.4, -0.2) is 18.4 Å². The van der Waals surface area contributed by atoms with Crippen molar-refractivity contribution in [3.63, 3.8) is 0 Å². The van der Waals surface area contributed by atoms with Crippen molar-refractivity contribution in [1.82, 2.24) is 0 Å². The highest BCUT2D eigenvalue weighted by molar-refractivity contribution is 6.07. The summed E-state index contributed by atoms with van der Waals surface area (Å²) in [5.41, 5.74) is 3.43. The molecular weight excluding hydrogens is 312 g/mol. The first-order valence-electron chi connectivity index (χ1n) is 8.59. The van der Waals surface area contributed by atoms with Crippen molar-refractivity contribution in [2.75, 3.05) is 16.8 Å². The van der Waals surface area contributed by atoms with Crippen molar-refractivity contribution in [1.29, 1.82) is 0 Å². The first-order valence-corrected chi connectivity index (χ1v) is 8.59. The Morgan fingerprint density at radius 1 is 1.16 bits per heavy atom. The van der Waals surface area contributed by atoms with Gasteiger partial charge in [0.1, 0.15) is 0 Å². The molecule has 2 aromatic rings. The van der Waals surface area contributed by atoms with E-state index in [1.807, 2.05) is 53.4 Å². The molecule has 1 N–H and O–H groups in total. The minimum atomic E-state index is -0.0448. The lowest BCUT2D eigenvalue weighted by Crippen LogP contribution is -2.35. The largest absolute Gasteiger partial charge is 0.326 e. The van der Waals surface area contributed by atoms with E-state index < -0.39 is 0 Å². The lowest BCUT2D eigenvalue weighted by Gasteiger charge is -2.30. The van der Waals surface area contributed by atoms with Gasteiger partial charge in [-0.25, -0.2) is 0 Å². The fourth-order valence-corrected chi connectivity index (χ4v) is 3.06. The number of benzene rings is 2. The van der Waals surface area contributed by atoms with E-state index >= 15 is 0 Å². The second-order valence-electron chi connectivity index (χ2n) is 6.15. The van der Waals surface area contributed by atoms with Gasteiger partial charge in [-0.15, -0.1) is 6.58 Å². The zero-order valence-electron chi connectivity index (χ0n) is 14.2. The van der Waals surface area contributed by atoms with Gasteiger partial charge in [-0.1, -0.05) is 30.3 Å². The van der Waals surface area contributed by atoms with Crippen LogP contribution in [0.1, 0.15) is 35.2 Å². The van der Waals surface area contributed by atoms with Gasteiger partial charge in [0.25, 0.3) is 5.91 Å². The topological polar surface area (TPSA) is 49.4 Å². The highest BCUT2D eigenvalue weighted by atomic mass is 16.2. The Bertz CT molecular complexity index is 784. The molecule has 4 nitrogen and oxygen atoms in total. The van der Waals surface area contributed by atoms with Crippen LogP contribution in [0.3, 0.4) is 0 Å². The molecule has 0 aromatic heterocycles. The summed E-state index contributed by atoms with van der Waals surface area (Å²) in [5.74, 6) is -0.0479. The van der Waals surface area contributed by atoms with E-state index in [0.717, 1.165) is 29.8 Å². The average Bonchev–Trinajstić information content (AvgIpc) is 2.66. The number of allylic oxidation sites excluding steroid dienone is 1. The molecule has 128 valence electrons. The van der Waals surface area contributed by atoms with E-state index in [1.165, 1.54) is 0 Å². The number of aryl methyl sites for hydroxylation is 1. The van der Waals surface area contributed by atoms with Gasteiger partial charge >= 0.3 is 0 Å². The number of hydrogen-bond acceptors (Lipinski definition) is 2. The van der Waals surface area contributed by atoms with Crippen LogP contribution in [0.15, 0.2) is 61.2 Å². The van der Waals surface area contributed by atoms with E-state index in [2.05, 4.69) is 11.9 Å². The molecule has 0 atom stereocenters. The van der Waals surface area contributed by atoms with Gasteiger partial charge < -0.3 is 10.2 Å². The fourth-order valence-electron chi connectivity index (χ4n) is 3.06. The lowest BCUT2D eigenvalue weighted by molar-refractivity contribution is -0.116. The summed E-state index contributed by atoms with van der Waals surface area (Å²) in [6.45, 7) is 4.32. The summed E-state index contributed by atoms with van der Waals surface area (Å²) >= 11 is 0. The molecule has 1 aliphatic heterocycles. The van der Waals surface area contributed by atoms with Crippen LogP contribution >= 0.6 is 0 Å². The van der Waals surface area contributed by atoms with Crippen LogP contribution in [0, 0.1) is 0 Å². The van der Waals surface area contributed by atoms with Crippen molar-refractivity contribution in [3.05, 3.63) is 72.3 Å². The standard InChI is InChI=1S/C21H22N2O2/c1-2-3-11-20(24)22-18-13-12-16-10-7-14-23(19(16)15-18)21(25)17-8-5-4-6-9-17/h2,4-6,8-9,12-13,15H,1,3,7,10-11,14H2,(H,22,24). The van der Waals surface area contributed by atoms with Gasteiger partial charge in [-0.3, -0.25) is 9.59 Å². The van der Waals surface area contributed by atoms with Crippen LogP contribution in [0.4, 0.5) is 11.4 Å². The van der Waals surface area contributed by atoms with Crippen molar-refractivity contribution in [2.45, 2.75) is 25.7 Å². The van der Waals surface area contributed by atoms with Gasteiger partial charge in [0, 0.05) is 29.9 Å². The van der Waals surface area contributed by atoms with Gasteiger partial charge in [0.2, 0.25) is 5.91 Å². The molecule has 0 bridgehead atoms. The van der Waals surface area contributed by atoms with Gasteiger partial charge in [0.05, 0.1) is 0 Å². The molecule has 4 heteroatoms. The minimum Gasteiger partial charge on any atom is -0.326 e. The molecule has 0 radical (unpaired) electrons. The molecule has 2 amide bonds. The van der Waals surface area contributed by atoms with Crippen LogP contribution in [0.25, 0.3) is 0 Å². The van der Waals surface area contributed by atoms with Gasteiger partial charge in [0.15, 0.2) is 0 Å². The molecule has 1 aliphatic rings. The average molecular weight is 334 g/mol. The first-order chi connectivity index (χ1) is 12.2. The Kier molecular flexibility index (Phi) is 5.29. The normalized spacial score (nSPS) is 13.0. The Morgan fingerprint density at radius 3 is 2.72 bits per heavy atom. The molecule has 0 aliphatic carbocycles. The maximum Gasteiger partial charge on any atom is 0.258 e. The predicted molar refractivity (Wildman–Crippen MR) is 101 cm³/mol. The third kappa shape index (κ3) is 3.97. The molecular formula is C21H22N2O2. The van der Waals surface area contributed by atoms with Crippen LogP contribution < -0.4 is 10.2 Å². The third-order valence-electron chi connectivity index (χ3n) is 4.33. The van der Waals surface area contributed by atoms with Crippen LogP contribution in [0.5, 0.6) is 0 Å². The predicted octanol–water partition coefficient (Wildman–Crippen LogP) is 4.18. The van der Waals surface area contributed by atoms with Crippen molar-refractivity contribution in [3.8, 4) is 0 Å². The second-order valence-corrected chi connectivity index (χ2v) is 6.15. The zero-order chi connectivity index (χ0) is 17.6. The van der Waals surface area contributed by atoms with E-state index in [0.29, 0.717) is 24.9 Å².